The first-order chi connectivity index (χ1) is 13.8. The predicted molar refractivity (Wildman–Crippen MR) is 108 cm³/mol. The summed E-state index contributed by atoms with van der Waals surface area (Å²) in [6.45, 7) is 4.16. The van der Waals surface area contributed by atoms with Crippen LogP contribution in [0.2, 0.25) is 0 Å². The zero-order valence-corrected chi connectivity index (χ0v) is 16.9. The Hall–Kier alpha value is -1.77. The molecule has 2 aliphatic rings. The zero-order valence-electron chi connectivity index (χ0n) is 16.0. The first kappa shape index (κ1) is 20.5. The molecule has 2 fully saturated rings. The molecule has 2 atom stereocenters. The van der Waals surface area contributed by atoms with E-state index in [1.165, 1.54) is 30.3 Å². The van der Waals surface area contributed by atoms with Gasteiger partial charge in [-0.15, -0.1) is 0 Å². The van der Waals surface area contributed by atoms with E-state index in [1.807, 2.05) is 6.07 Å². The standard InChI is InChI=1S/C21H23F4N3S/c1-15-12-20(14-26-29-28(20)19-7-3-6-18(22)11-19)8-9-27(15)13-16-4-2-5-17(10-16)21(23,24)25/h2-7,10-11,15,26H,8-9,12-14H2,1H3/t15-,20+/m0/s1. The van der Waals surface area contributed by atoms with Crippen molar-refractivity contribution in [3.8, 4) is 0 Å². The second kappa shape index (κ2) is 7.81. The fourth-order valence-corrected chi connectivity index (χ4v) is 5.45. The van der Waals surface area contributed by atoms with Crippen molar-refractivity contribution in [1.29, 1.82) is 0 Å². The van der Waals surface area contributed by atoms with E-state index in [1.54, 1.807) is 18.2 Å². The maximum absolute atomic E-state index is 13.7. The summed E-state index contributed by atoms with van der Waals surface area (Å²) in [6.07, 6.45) is -2.62. The Kier molecular flexibility index (Phi) is 5.52. The van der Waals surface area contributed by atoms with Gasteiger partial charge in [0.25, 0.3) is 0 Å². The predicted octanol–water partition coefficient (Wildman–Crippen LogP) is 5.24. The lowest BCUT2D eigenvalue weighted by molar-refractivity contribution is -0.137. The maximum Gasteiger partial charge on any atom is 0.416 e. The van der Waals surface area contributed by atoms with Crippen molar-refractivity contribution in [2.75, 3.05) is 17.4 Å². The molecule has 0 bridgehead atoms. The molecule has 3 nitrogen and oxygen atoms in total. The first-order valence-corrected chi connectivity index (χ1v) is 10.4. The number of likely N-dealkylation sites (tertiary alicyclic amines) is 1. The summed E-state index contributed by atoms with van der Waals surface area (Å²) in [7, 11) is 0. The van der Waals surface area contributed by atoms with Gasteiger partial charge >= 0.3 is 6.18 Å². The van der Waals surface area contributed by atoms with E-state index < -0.39 is 11.7 Å². The fraction of sp³-hybridized carbons (Fsp3) is 0.429. The number of halogens is 4. The number of rotatable bonds is 3. The summed E-state index contributed by atoms with van der Waals surface area (Å²) in [5.74, 6) is -0.264. The summed E-state index contributed by atoms with van der Waals surface area (Å²) < 4.78 is 58.2. The van der Waals surface area contributed by atoms with Crippen molar-refractivity contribution in [3.05, 3.63) is 65.5 Å². The Balaban J connectivity index is 1.48. The van der Waals surface area contributed by atoms with Crippen molar-refractivity contribution in [2.24, 2.45) is 0 Å². The Labute approximate surface area is 172 Å². The average molecular weight is 425 g/mol. The number of alkyl halides is 3. The van der Waals surface area contributed by atoms with Gasteiger partial charge in [0.05, 0.1) is 16.8 Å². The minimum Gasteiger partial charge on any atom is -0.296 e. The second-order valence-electron chi connectivity index (χ2n) is 7.88. The van der Waals surface area contributed by atoms with E-state index >= 15 is 0 Å². The lowest BCUT2D eigenvalue weighted by Crippen LogP contribution is -2.56. The summed E-state index contributed by atoms with van der Waals surface area (Å²) in [5.41, 5.74) is 0.759. The van der Waals surface area contributed by atoms with E-state index in [4.69, 9.17) is 0 Å². The van der Waals surface area contributed by atoms with E-state index in [0.717, 1.165) is 37.7 Å². The van der Waals surface area contributed by atoms with Crippen LogP contribution in [-0.2, 0) is 12.7 Å². The molecule has 0 radical (unpaired) electrons. The van der Waals surface area contributed by atoms with Crippen molar-refractivity contribution in [2.45, 2.75) is 44.1 Å². The second-order valence-corrected chi connectivity index (χ2v) is 8.72. The van der Waals surface area contributed by atoms with Crippen LogP contribution in [0.15, 0.2) is 48.5 Å². The number of hydrogen-bond donors (Lipinski definition) is 1. The highest BCUT2D eigenvalue weighted by Gasteiger charge is 2.46. The van der Waals surface area contributed by atoms with Gasteiger partial charge in [-0.3, -0.25) is 9.21 Å². The molecule has 2 aromatic carbocycles. The van der Waals surface area contributed by atoms with Crippen LogP contribution in [0.5, 0.6) is 0 Å². The van der Waals surface area contributed by atoms with Crippen LogP contribution >= 0.6 is 12.1 Å². The smallest absolute Gasteiger partial charge is 0.296 e. The fourth-order valence-electron chi connectivity index (χ4n) is 4.34. The highest BCUT2D eigenvalue weighted by Crippen LogP contribution is 2.43. The first-order valence-electron chi connectivity index (χ1n) is 9.63. The Morgan fingerprint density at radius 3 is 2.69 bits per heavy atom. The van der Waals surface area contributed by atoms with Gasteiger partial charge in [-0.1, -0.05) is 24.3 Å². The van der Waals surface area contributed by atoms with Gasteiger partial charge in [0.15, 0.2) is 0 Å². The summed E-state index contributed by atoms with van der Waals surface area (Å²) >= 11 is 1.49. The number of hydrogen-bond acceptors (Lipinski definition) is 4. The van der Waals surface area contributed by atoms with Gasteiger partial charge in [-0.05, 0) is 49.6 Å². The van der Waals surface area contributed by atoms with Gasteiger partial charge in [0, 0.05) is 37.8 Å². The van der Waals surface area contributed by atoms with Crippen LogP contribution < -0.4 is 9.03 Å². The average Bonchev–Trinajstić information content (AvgIpc) is 3.07. The molecule has 0 saturated carbocycles. The Morgan fingerprint density at radius 2 is 1.97 bits per heavy atom. The minimum atomic E-state index is -4.33. The number of benzene rings is 2. The molecular formula is C21H23F4N3S. The molecule has 1 spiro atoms. The van der Waals surface area contributed by atoms with Crippen LogP contribution in [0.1, 0.15) is 30.9 Å². The van der Waals surface area contributed by atoms with Crippen molar-refractivity contribution in [1.82, 2.24) is 9.62 Å². The third-order valence-electron chi connectivity index (χ3n) is 5.83. The largest absolute Gasteiger partial charge is 0.416 e. The number of anilines is 1. The molecular weight excluding hydrogens is 402 g/mol. The maximum atomic E-state index is 13.7. The number of nitrogens with zero attached hydrogens (tertiary/aromatic N) is 2. The molecule has 0 amide bonds. The Bertz CT molecular complexity index is 875. The van der Waals surface area contributed by atoms with E-state index in [2.05, 4.69) is 20.9 Å². The lowest BCUT2D eigenvalue weighted by atomic mass is 9.83. The third kappa shape index (κ3) is 4.25. The molecule has 2 aromatic rings. The van der Waals surface area contributed by atoms with E-state index in [-0.39, 0.29) is 17.4 Å². The molecule has 156 valence electrons. The van der Waals surface area contributed by atoms with Crippen molar-refractivity contribution < 1.29 is 17.6 Å². The highest BCUT2D eigenvalue weighted by atomic mass is 32.2. The van der Waals surface area contributed by atoms with Gasteiger partial charge in [0.2, 0.25) is 0 Å². The molecule has 2 aliphatic heterocycles. The lowest BCUT2D eigenvalue weighted by Gasteiger charge is -2.47. The van der Waals surface area contributed by atoms with E-state index in [0.29, 0.717) is 12.1 Å². The highest BCUT2D eigenvalue weighted by molar-refractivity contribution is 7.99. The van der Waals surface area contributed by atoms with Crippen LogP contribution in [-0.4, -0.2) is 29.6 Å². The number of piperidine rings is 1. The van der Waals surface area contributed by atoms with Gasteiger partial charge in [-0.2, -0.15) is 13.2 Å². The van der Waals surface area contributed by atoms with Crippen LogP contribution in [0.4, 0.5) is 23.2 Å². The normalized spacial score (nSPS) is 25.7. The topological polar surface area (TPSA) is 18.5 Å². The van der Waals surface area contributed by atoms with Crippen molar-refractivity contribution >= 4 is 17.8 Å². The number of nitrogens with one attached hydrogen (secondary N) is 1. The molecule has 29 heavy (non-hydrogen) atoms. The zero-order chi connectivity index (χ0) is 20.6. The van der Waals surface area contributed by atoms with Gasteiger partial charge in [0.1, 0.15) is 5.82 Å². The molecule has 1 N–H and O–H groups in total. The Morgan fingerprint density at radius 1 is 1.17 bits per heavy atom. The SMILES string of the molecule is C[C@H]1C[C@]2(CCN1Cc1cccc(C(F)(F)F)c1)CNSN2c1cccc(F)c1. The third-order valence-corrected chi connectivity index (χ3v) is 6.89. The molecule has 0 unspecified atom stereocenters. The monoisotopic (exact) mass is 425 g/mol. The molecule has 0 aliphatic carbocycles. The van der Waals surface area contributed by atoms with Crippen molar-refractivity contribution in [3.63, 3.8) is 0 Å². The summed E-state index contributed by atoms with van der Waals surface area (Å²) in [4.78, 5) is 2.23. The van der Waals surface area contributed by atoms with Gasteiger partial charge < -0.3 is 0 Å². The van der Waals surface area contributed by atoms with Gasteiger partial charge in [-0.25, -0.2) is 9.11 Å². The summed E-state index contributed by atoms with van der Waals surface area (Å²) in [5, 5.41) is 0. The van der Waals surface area contributed by atoms with Crippen LogP contribution in [0.3, 0.4) is 0 Å². The summed E-state index contributed by atoms with van der Waals surface area (Å²) in [6, 6.07) is 12.4. The molecule has 2 heterocycles. The molecule has 8 heteroatoms. The quantitative estimate of drug-likeness (QED) is 0.535. The molecule has 0 aromatic heterocycles. The minimum absolute atomic E-state index is 0.137. The van der Waals surface area contributed by atoms with Crippen LogP contribution in [0.25, 0.3) is 0 Å². The molecule has 2 saturated heterocycles. The molecule has 4 rings (SSSR count). The van der Waals surface area contributed by atoms with Crippen LogP contribution in [0, 0.1) is 5.82 Å². The van der Waals surface area contributed by atoms with E-state index in [9.17, 15) is 17.6 Å².